The first-order chi connectivity index (χ1) is 6.91. The van der Waals surface area contributed by atoms with E-state index in [9.17, 15) is 14.4 Å². The molecule has 2 atom stereocenters. The molecule has 0 aliphatic carbocycles. The van der Waals surface area contributed by atoms with Gasteiger partial charge in [0.2, 0.25) is 11.8 Å². The van der Waals surface area contributed by atoms with Crippen molar-refractivity contribution < 1.29 is 24.6 Å². The summed E-state index contributed by atoms with van der Waals surface area (Å²) < 4.78 is 0. The lowest BCUT2D eigenvalue weighted by Crippen LogP contribution is -2.41. The molecular weight excluding hydrogens is 204 g/mol. The Morgan fingerprint density at radius 3 is 2.60 bits per heavy atom. The number of primary amides is 1. The molecule has 0 aromatic carbocycles. The quantitative estimate of drug-likeness (QED) is 0.491. The minimum Gasteiger partial charge on any atom is -0.481 e. The van der Waals surface area contributed by atoms with Crippen LogP contribution in [0, 0.1) is 5.92 Å². The van der Waals surface area contributed by atoms with Crippen LogP contribution >= 0.6 is 0 Å². The van der Waals surface area contributed by atoms with Crippen LogP contribution in [0.25, 0.3) is 0 Å². The van der Waals surface area contributed by atoms with E-state index in [-0.39, 0.29) is 25.4 Å². The van der Waals surface area contributed by atoms with Crippen LogP contribution in [-0.4, -0.2) is 52.1 Å². The van der Waals surface area contributed by atoms with Gasteiger partial charge in [0, 0.05) is 13.0 Å². The van der Waals surface area contributed by atoms with Crippen LogP contribution in [0.4, 0.5) is 0 Å². The molecule has 1 fully saturated rings. The van der Waals surface area contributed by atoms with Gasteiger partial charge >= 0.3 is 5.97 Å². The third-order valence-electron chi connectivity index (χ3n) is 2.29. The summed E-state index contributed by atoms with van der Waals surface area (Å²) in [7, 11) is 0. The third-order valence-corrected chi connectivity index (χ3v) is 2.29. The lowest BCUT2D eigenvalue weighted by atomic mass is 10.1. The molecule has 1 saturated heterocycles. The van der Waals surface area contributed by atoms with Gasteiger partial charge in [-0.3, -0.25) is 14.4 Å². The Morgan fingerprint density at radius 2 is 2.20 bits per heavy atom. The van der Waals surface area contributed by atoms with E-state index in [2.05, 4.69) is 0 Å². The smallest absolute Gasteiger partial charge is 0.308 e. The van der Waals surface area contributed by atoms with Crippen molar-refractivity contribution >= 4 is 17.8 Å². The number of amides is 2. The summed E-state index contributed by atoms with van der Waals surface area (Å²) in [6.45, 7) is -0.226. The van der Waals surface area contributed by atoms with Gasteiger partial charge in [-0.05, 0) is 0 Å². The molecule has 1 aliphatic heterocycles. The molecule has 0 aromatic heterocycles. The summed E-state index contributed by atoms with van der Waals surface area (Å²) in [6.07, 6.45) is -1.54. The van der Waals surface area contributed by atoms with Crippen LogP contribution in [-0.2, 0) is 14.4 Å². The molecule has 4 N–H and O–H groups in total. The summed E-state index contributed by atoms with van der Waals surface area (Å²) in [6, 6.07) is 0. The van der Waals surface area contributed by atoms with Gasteiger partial charge in [0.25, 0.3) is 0 Å². The second-order valence-corrected chi connectivity index (χ2v) is 3.46. The maximum Gasteiger partial charge on any atom is 0.308 e. The first-order valence-electron chi connectivity index (χ1n) is 4.39. The minimum atomic E-state index is -1.44. The number of carboxylic acid groups (broad SMARTS) is 1. The first-order valence-corrected chi connectivity index (χ1v) is 4.39. The Kier molecular flexibility index (Phi) is 3.25. The molecule has 0 aromatic rings. The zero-order chi connectivity index (χ0) is 11.6. The number of carbonyl (C=O) groups is 3. The van der Waals surface area contributed by atoms with Crippen molar-refractivity contribution in [2.75, 3.05) is 13.1 Å². The number of nitrogens with two attached hydrogens (primary N) is 1. The second kappa shape index (κ2) is 4.26. The average molecular weight is 216 g/mol. The average Bonchev–Trinajstić information content (AvgIpc) is 2.47. The maximum absolute atomic E-state index is 11.2. The number of carboxylic acids is 1. The minimum absolute atomic E-state index is 0.0124. The Morgan fingerprint density at radius 1 is 1.60 bits per heavy atom. The summed E-state index contributed by atoms with van der Waals surface area (Å²) in [5.74, 6) is -3.14. The van der Waals surface area contributed by atoms with Crippen molar-refractivity contribution in [1.29, 1.82) is 0 Å². The van der Waals surface area contributed by atoms with Gasteiger partial charge in [0.15, 0.2) is 0 Å². The molecule has 2 amide bonds. The summed E-state index contributed by atoms with van der Waals surface area (Å²) >= 11 is 0. The molecule has 84 valence electrons. The standard InChI is InChI=1S/C8H12N2O5/c9-7(13)5(11)3-10-2-4(8(14)15)1-6(10)12/h4-5,11H,1-3H2,(H2,9,13)(H,14,15). The fourth-order valence-electron chi connectivity index (χ4n) is 1.41. The highest BCUT2D eigenvalue weighted by molar-refractivity contribution is 5.87. The molecule has 2 unspecified atom stereocenters. The van der Waals surface area contributed by atoms with Gasteiger partial charge in [-0.1, -0.05) is 0 Å². The molecular formula is C8H12N2O5. The normalized spacial score (nSPS) is 22.9. The van der Waals surface area contributed by atoms with Crippen LogP contribution in [0.1, 0.15) is 6.42 Å². The highest BCUT2D eigenvalue weighted by atomic mass is 16.4. The van der Waals surface area contributed by atoms with Crippen LogP contribution in [0.15, 0.2) is 0 Å². The topological polar surface area (TPSA) is 121 Å². The Labute approximate surface area is 85.5 Å². The van der Waals surface area contributed by atoms with E-state index in [1.54, 1.807) is 0 Å². The number of likely N-dealkylation sites (tertiary alicyclic amines) is 1. The highest BCUT2D eigenvalue weighted by Crippen LogP contribution is 2.17. The van der Waals surface area contributed by atoms with Crippen LogP contribution in [0.2, 0.25) is 0 Å². The van der Waals surface area contributed by atoms with Gasteiger partial charge in [-0.25, -0.2) is 0 Å². The zero-order valence-electron chi connectivity index (χ0n) is 7.92. The first kappa shape index (κ1) is 11.4. The van der Waals surface area contributed by atoms with Crippen LogP contribution in [0.3, 0.4) is 0 Å². The number of rotatable bonds is 4. The summed E-state index contributed by atoms with van der Waals surface area (Å²) in [4.78, 5) is 33.5. The summed E-state index contributed by atoms with van der Waals surface area (Å²) in [5, 5.41) is 17.8. The van der Waals surface area contributed by atoms with E-state index in [0.29, 0.717) is 0 Å². The SMILES string of the molecule is NC(=O)C(O)CN1CC(C(=O)O)CC1=O. The monoisotopic (exact) mass is 216 g/mol. The predicted molar refractivity (Wildman–Crippen MR) is 47.5 cm³/mol. The molecule has 0 spiro atoms. The van der Waals surface area contributed by atoms with E-state index in [1.807, 2.05) is 0 Å². The van der Waals surface area contributed by atoms with E-state index < -0.39 is 23.9 Å². The number of aliphatic hydroxyl groups excluding tert-OH is 1. The number of hydrogen-bond donors (Lipinski definition) is 3. The molecule has 15 heavy (non-hydrogen) atoms. The van der Waals surface area contributed by atoms with Gasteiger partial charge in [0.05, 0.1) is 12.5 Å². The van der Waals surface area contributed by atoms with Crippen molar-refractivity contribution in [1.82, 2.24) is 4.90 Å². The van der Waals surface area contributed by atoms with Crippen molar-refractivity contribution in [2.24, 2.45) is 11.7 Å². The molecule has 0 bridgehead atoms. The van der Waals surface area contributed by atoms with Crippen molar-refractivity contribution in [3.05, 3.63) is 0 Å². The Bertz CT molecular complexity index is 303. The largest absolute Gasteiger partial charge is 0.481 e. The van der Waals surface area contributed by atoms with Gasteiger partial charge < -0.3 is 20.8 Å². The molecule has 1 aliphatic rings. The Hall–Kier alpha value is -1.63. The number of aliphatic hydroxyl groups is 1. The van der Waals surface area contributed by atoms with Crippen molar-refractivity contribution in [3.8, 4) is 0 Å². The zero-order valence-corrected chi connectivity index (χ0v) is 7.92. The maximum atomic E-state index is 11.2. The van der Waals surface area contributed by atoms with E-state index in [1.165, 1.54) is 0 Å². The Balaban J connectivity index is 2.54. The van der Waals surface area contributed by atoms with Crippen LogP contribution < -0.4 is 5.73 Å². The molecule has 7 nitrogen and oxygen atoms in total. The lowest BCUT2D eigenvalue weighted by molar-refractivity contribution is -0.141. The van der Waals surface area contributed by atoms with E-state index >= 15 is 0 Å². The molecule has 1 rings (SSSR count). The number of nitrogens with zero attached hydrogens (tertiary/aromatic N) is 1. The fourth-order valence-corrected chi connectivity index (χ4v) is 1.41. The molecule has 1 heterocycles. The highest BCUT2D eigenvalue weighted by Gasteiger charge is 2.35. The molecule has 0 radical (unpaired) electrons. The van der Waals surface area contributed by atoms with Crippen molar-refractivity contribution in [3.63, 3.8) is 0 Å². The van der Waals surface area contributed by atoms with Crippen LogP contribution in [0.5, 0.6) is 0 Å². The summed E-state index contributed by atoms with van der Waals surface area (Å²) in [5.41, 5.74) is 4.81. The predicted octanol–water partition coefficient (Wildman–Crippen LogP) is -2.23. The fraction of sp³-hybridized carbons (Fsp3) is 0.625. The third kappa shape index (κ3) is 2.66. The number of carbonyl (C=O) groups excluding carboxylic acids is 2. The van der Waals surface area contributed by atoms with E-state index in [4.69, 9.17) is 15.9 Å². The number of hydrogen-bond acceptors (Lipinski definition) is 4. The molecule has 7 heteroatoms. The number of β-amino-alcohol motifs (C(OH)–C–C–N with tert-alkyl or cyclic N) is 1. The van der Waals surface area contributed by atoms with Crippen molar-refractivity contribution in [2.45, 2.75) is 12.5 Å². The number of aliphatic carboxylic acids is 1. The van der Waals surface area contributed by atoms with Gasteiger partial charge in [-0.15, -0.1) is 0 Å². The lowest BCUT2D eigenvalue weighted by Gasteiger charge is -2.17. The van der Waals surface area contributed by atoms with Gasteiger partial charge in [-0.2, -0.15) is 0 Å². The van der Waals surface area contributed by atoms with Gasteiger partial charge in [0.1, 0.15) is 6.10 Å². The second-order valence-electron chi connectivity index (χ2n) is 3.46. The van der Waals surface area contributed by atoms with E-state index in [0.717, 1.165) is 4.90 Å². The molecule has 0 saturated carbocycles.